The molecular formula is C18H25N5. The van der Waals surface area contributed by atoms with Crippen molar-refractivity contribution in [2.24, 2.45) is 5.41 Å². The van der Waals surface area contributed by atoms with Crippen molar-refractivity contribution in [1.29, 1.82) is 0 Å². The number of pyridine rings is 1. The Morgan fingerprint density at radius 1 is 1.22 bits per heavy atom. The second kappa shape index (κ2) is 6.62. The summed E-state index contributed by atoms with van der Waals surface area (Å²) in [5.74, 6) is 1.54. The molecule has 1 aliphatic heterocycles. The summed E-state index contributed by atoms with van der Waals surface area (Å²) in [4.78, 5) is 15.7. The van der Waals surface area contributed by atoms with E-state index in [0.717, 1.165) is 30.4 Å². The van der Waals surface area contributed by atoms with Crippen LogP contribution in [-0.4, -0.2) is 32.9 Å². The van der Waals surface area contributed by atoms with Crippen LogP contribution in [0.3, 0.4) is 0 Å². The largest absolute Gasteiger partial charge is 0.324 e. The Kier molecular flexibility index (Phi) is 4.57. The molecule has 2 aromatic rings. The summed E-state index contributed by atoms with van der Waals surface area (Å²) < 4.78 is 0. The molecule has 3 rings (SSSR count). The van der Waals surface area contributed by atoms with Gasteiger partial charge in [-0.05, 0) is 36.9 Å². The molecule has 0 aromatic carbocycles. The number of anilines is 2. The third kappa shape index (κ3) is 4.26. The molecule has 0 amide bonds. The number of hydrogen-bond donors (Lipinski definition) is 1. The first-order valence-corrected chi connectivity index (χ1v) is 8.25. The highest BCUT2D eigenvalue weighted by Crippen LogP contribution is 2.34. The van der Waals surface area contributed by atoms with Gasteiger partial charge in [-0.3, -0.25) is 9.88 Å². The van der Waals surface area contributed by atoms with Gasteiger partial charge in [0.2, 0.25) is 0 Å². The van der Waals surface area contributed by atoms with Crippen LogP contribution in [0, 0.1) is 5.41 Å². The topological polar surface area (TPSA) is 53.9 Å². The number of likely N-dealkylation sites (tertiary alicyclic amines) is 1. The molecule has 1 aliphatic rings. The van der Waals surface area contributed by atoms with Gasteiger partial charge in [0.05, 0.1) is 17.9 Å². The molecular weight excluding hydrogens is 286 g/mol. The Morgan fingerprint density at radius 3 is 2.83 bits per heavy atom. The van der Waals surface area contributed by atoms with Crippen LogP contribution in [0.2, 0.25) is 0 Å². The van der Waals surface area contributed by atoms with E-state index in [9.17, 15) is 0 Å². The summed E-state index contributed by atoms with van der Waals surface area (Å²) in [5, 5.41) is 3.23. The lowest BCUT2D eigenvalue weighted by Gasteiger charge is -2.31. The van der Waals surface area contributed by atoms with Crippen LogP contribution in [0.15, 0.2) is 36.8 Å². The van der Waals surface area contributed by atoms with Gasteiger partial charge in [-0.15, -0.1) is 0 Å². The van der Waals surface area contributed by atoms with Gasteiger partial charge in [0.1, 0.15) is 11.6 Å². The fourth-order valence-corrected chi connectivity index (χ4v) is 3.16. The molecule has 0 aliphatic carbocycles. The summed E-state index contributed by atoms with van der Waals surface area (Å²) in [5.41, 5.74) is 1.44. The van der Waals surface area contributed by atoms with Crippen LogP contribution in [0.5, 0.6) is 0 Å². The summed E-state index contributed by atoms with van der Waals surface area (Å²) in [6, 6.07) is 6.58. The maximum atomic E-state index is 4.81. The molecule has 3 heterocycles. The molecule has 1 N–H and O–H groups in total. The number of rotatable bonds is 4. The highest BCUT2D eigenvalue weighted by molar-refractivity contribution is 5.50. The minimum Gasteiger partial charge on any atom is -0.324 e. The van der Waals surface area contributed by atoms with E-state index in [1.54, 1.807) is 18.6 Å². The van der Waals surface area contributed by atoms with E-state index in [2.05, 4.69) is 53.1 Å². The van der Waals surface area contributed by atoms with Crippen LogP contribution in [-0.2, 0) is 0 Å². The fraction of sp³-hybridized carbons (Fsp3) is 0.500. The van der Waals surface area contributed by atoms with Gasteiger partial charge in [-0.2, -0.15) is 0 Å². The molecule has 5 heteroatoms. The lowest BCUT2D eigenvalue weighted by molar-refractivity contribution is 0.176. The van der Waals surface area contributed by atoms with E-state index in [-0.39, 0.29) is 0 Å². The van der Waals surface area contributed by atoms with Crippen molar-refractivity contribution in [1.82, 2.24) is 19.9 Å². The third-order valence-electron chi connectivity index (χ3n) is 3.97. The molecule has 2 aromatic heterocycles. The molecule has 0 radical (unpaired) electrons. The zero-order valence-electron chi connectivity index (χ0n) is 14.2. The molecule has 23 heavy (non-hydrogen) atoms. The van der Waals surface area contributed by atoms with Crippen LogP contribution in [0.25, 0.3) is 0 Å². The van der Waals surface area contributed by atoms with Crippen molar-refractivity contribution in [2.75, 3.05) is 18.4 Å². The standard InChI is InChI=1S/C18H25N5/c1-18(2,3)13-23-11-5-7-15(23)14-6-4-8-16(21-14)22-17-12-19-9-10-20-17/h4,6,8-10,12,15H,5,7,11,13H2,1-3H3,(H,20,21,22)/t15-/m1/s1. The fourth-order valence-electron chi connectivity index (χ4n) is 3.16. The SMILES string of the molecule is CC(C)(C)CN1CCC[C@@H]1c1cccc(Nc2cnccn2)n1. The van der Waals surface area contributed by atoms with Crippen molar-refractivity contribution in [3.05, 3.63) is 42.5 Å². The van der Waals surface area contributed by atoms with Crippen molar-refractivity contribution in [3.63, 3.8) is 0 Å². The predicted octanol–water partition coefficient (Wildman–Crippen LogP) is 3.80. The van der Waals surface area contributed by atoms with E-state index < -0.39 is 0 Å². The second-order valence-corrected chi connectivity index (χ2v) is 7.35. The smallest absolute Gasteiger partial charge is 0.150 e. The second-order valence-electron chi connectivity index (χ2n) is 7.35. The van der Waals surface area contributed by atoms with Crippen LogP contribution in [0.1, 0.15) is 45.3 Å². The first-order valence-electron chi connectivity index (χ1n) is 8.25. The Morgan fingerprint density at radius 2 is 2.09 bits per heavy atom. The minimum absolute atomic E-state index is 0.304. The molecule has 0 saturated carbocycles. The molecule has 122 valence electrons. The first-order chi connectivity index (χ1) is 11.0. The van der Waals surface area contributed by atoms with Crippen LogP contribution < -0.4 is 5.32 Å². The average molecular weight is 311 g/mol. The van der Waals surface area contributed by atoms with Gasteiger partial charge >= 0.3 is 0 Å². The average Bonchev–Trinajstić information content (AvgIpc) is 2.94. The minimum atomic E-state index is 0.304. The van der Waals surface area contributed by atoms with Gasteiger partial charge in [-0.1, -0.05) is 26.8 Å². The van der Waals surface area contributed by atoms with E-state index in [1.165, 1.54) is 12.8 Å². The quantitative estimate of drug-likeness (QED) is 0.931. The highest BCUT2D eigenvalue weighted by atomic mass is 15.2. The first kappa shape index (κ1) is 15.9. The van der Waals surface area contributed by atoms with Crippen molar-refractivity contribution >= 4 is 11.6 Å². The zero-order chi connectivity index (χ0) is 16.3. The summed E-state index contributed by atoms with van der Waals surface area (Å²) in [6.45, 7) is 9.14. The Bertz CT molecular complexity index is 635. The monoisotopic (exact) mass is 311 g/mol. The molecule has 0 bridgehead atoms. The Balaban J connectivity index is 1.76. The Labute approximate surface area is 138 Å². The van der Waals surface area contributed by atoms with Crippen LogP contribution in [0.4, 0.5) is 11.6 Å². The van der Waals surface area contributed by atoms with Crippen molar-refractivity contribution < 1.29 is 0 Å². The van der Waals surface area contributed by atoms with E-state index >= 15 is 0 Å². The number of nitrogens with zero attached hydrogens (tertiary/aromatic N) is 4. The summed E-state index contributed by atoms with van der Waals surface area (Å²) in [6.07, 6.45) is 7.46. The van der Waals surface area contributed by atoms with Gasteiger partial charge in [0.15, 0.2) is 0 Å². The van der Waals surface area contributed by atoms with Gasteiger partial charge in [0.25, 0.3) is 0 Å². The van der Waals surface area contributed by atoms with E-state index in [4.69, 9.17) is 4.98 Å². The maximum Gasteiger partial charge on any atom is 0.150 e. The van der Waals surface area contributed by atoms with Crippen LogP contribution >= 0.6 is 0 Å². The normalized spacial score (nSPS) is 19.0. The van der Waals surface area contributed by atoms with Gasteiger partial charge < -0.3 is 5.32 Å². The van der Waals surface area contributed by atoms with E-state index in [1.807, 2.05) is 6.07 Å². The summed E-state index contributed by atoms with van der Waals surface area (Å²) >= 11 is 0. The highest BCUT2D eigenvalue weighted by Gasteiger charge is 2.30. The lowest BCUT2D eigenvalue weighted by atomic mass is 9.95. The number of nitrogens with one attached hydrogen (secondary N) is 1. The predicted molar refractivity (Wildman–Crippen MR) is 92.6 cm³/mol. The molecule has 1 fully saturated rings. The molecule has 1 saturated heterocycles. The number of aromatic nitrogens is 3. The Hall–Kier alpha value is -2.01. The van der Waals surface area contributed by atoms with E-state index in [0.29, 0.717) is 11.5 Å². The lowest BCUT2D eigenvalue weighted by Crippen LogP contribution is -2.32. The summed E-state index contributed by atoms with van der Waals surface area (Å²) in [7, 11) is 0. The van der Waals surface area contributed by atoms with Gasteiger partial charge in [0, 0.05) is 18.9 Å². The third-order valence-corrected chi connectivity index (χ3v) is 3.97. The van der Waals surface area contributed by atoms with Gasteiger partial charge in [-0.25, -0.2) is 9.97 Å². The number of hydrogen-bond acceptors (Lipinski definition) is 5. The molecule has 0 spiro atoms. The molecule has 0 unspecified atom stereocenters. The van der Waals surface area contributed by atoms with Crippen molar-refractivity contribution in [3.8, 4) is 0 Å². The molecule has 5 nitrogen and oxygen atoms in total. The maximum absolute atomic E-state index is 4.81. The molecule has 1 atom stereocenters. The van der Waals surface area contributed by atoms with Crippen molar-refractivity contribution in [2.45, 2.75) is 39.7 Å². The zero-order valence-corrected chi connectivity index (χ0v) is 14.2.